The number of rotatable bonds is 6. The van der Waals surface area contributed by atoms with Crippen LogP contribution in [0.5, 0.6) is 5.75 Å². The van der Waals surface area contributed by atoms with Crippen LogP contribution >= 0.6 is 0 Å². The van der Waals surface area contributed by atoms with Crippen LogP contribution in [-0.2, 0) is 6.42 Å². The second-order valence-electron chi connectivity index (χ2n) is 5.61. The fraction of sp³-hybridized carbons (Fsp3) is 0.200. The highest BCUT2D eigenvalue weighted by Crippen LogP contribution is 2.20. The molecule has 0 saturated carbocycles. The van der Waals surface area contributed by atoms with Crippen molar-refractivity contribution in [2.45, 2.75) is 13.3 Å². The summed E-state index contributed by atoms with van der Waals surface area (Å²) in [5, 5.41) is 6.60. The second-order valence-corrected chi connectivity index (χ2v) is 5.61. The number of carbonyl (C=O) groups excluding carboxylic acids is 1. The Morgan fingerprint density at radius 2 is 1.88 bits per heavy atom. The third-order valence-corrected chi connectivity index (χ3v) is 3.87. The first kappa shape index (κ1) is 16.8. The molecule has 5 nitrogen and oxygen atoms in total. The van der Waals surface area contributed by atoms with Crippen LogP contribution < -0.4 is 15.4 Å². The van der Waals surface area contributed by atoms with Crippen LogP contribution in [-0.4, -0.2) is 24.2 Å². The summed E-state index contributed by atoms with van der Waals surface area (Å²) in [7, 11) is 0. The number of benzene rings is 2. The highest BCUT2D eigenvalue weighted by molar-refractivity contribution is 5.99. The Balaban J connectivity index is 1.47. The zero-order valence-electron chi connectivity index (χ0n) is 14.2. The first-order valence-electron chi connectivity index (χ1n) is 8.36. The van der Waals surface area contributed by atoms with Gasteiger partial charge in [-0.25, -0.2) is 4.79 Å². The van der Waals surface area contributed by atoms with E-state index in [4.69, 9.17) is 4.74 Å². The topological polar surface area (TPSA) is 63.2 Å². The van der Waals surface area contributed by atoms with Gasteiger partial charge >= 0.3 is 6.03 Å². The van der Waals surface area contributed by atoms with Gasteiger partial charge in [0.15, 0.2) is 0 Å². The van der Waals surface area contributed by atoms with Gasteiger partial charge in [-0.3, -0.25) is 4.98 Å². The fourth-order valence-electron chi connectivity index (χ4n) is 2.53. The minimum Gasteiger partial charge on any atom is -0.492 e. The third-order valence-electron chi connectivity index (χ3n) is 3.87. The van der Waals surface area contributed by atoms with Crippen molar-refractivity contribution in [2.75, 3.05) is 18.5 Å². The molecule has 0 fully saturated rings. The molecular weight excluding hydrogens is 314 g/mol. The van der Waals surface area contributed by atoms with Crippen molar-refractivity contribution in [1.29, 1.82) is 0 Å². The predicted molar refractivity (Wildman–Crippen MR) is 100 cm³/mol. The standard InChI is InChI=1S/C20H21N3O2/c1-2-15-8-10-17(11-9-15)25-14-13-22-20(24)23-18-7-3-5-16-6-4-12-21-19(16)18/h3-12H,2,13-14H2,1H3,(H2,22,23,24). The van der Waals surface area contributed by atoms with Crippen LogP contribution in [0.2, 0.25) is 0 Å². The molecule has 0 aliphatic heterocycles. The van der Waals surface area contributed by atoms with Crippen molar-refractivity contribution >= 4 is 22.6 Å². The largest absolute Gasteiger partial charge is 0.492 e. The highest BCUT2D eigenvalue weighted by Gasteiger charge is 2.05. The normalized spacial score (nSPS) is 10.4. The predicted octanol–water partition coefficient (Wildman–Crippen LogP) is 4.00. The highest BCUT2D eigenvalue weighted by atomic mass is 16.5. The lowest BCUT2D eigenvalue weighted by Crippen LogP contribution is -2.32. The van der Waals surface area contributed by atoms with E-state index in [1.807, 2.05) is 54.6 Å². The van der Waals surface area contributed by atoms with Crippen LogP contribution in [0.3, 0.4) is 0 Å². The van der Waals surface area contributed by atoms with E-state index in [2.05, 4.69) is 22.5 Å². The van der Waals surface area contributed by atoms with Gasteiger partial charge in [-0.2, -0.15) is 0 Å². The van der Waals surface area contributed by atoms with Crippen molar-refractivity contribution in [3.05, 3.63) is 66.4 Å². The van der Waals surface area contributed by atoms with E-state index in [1.165, 1.54) is 5.56 Å². The van der Waals surface area contributed by atoms with Crippen molar-refractivity contribution in [1.82, 2.24) is 10.3 Å². The Morgan fingerprint density at radius 1 is 1.08 bits per heavy atom. The number of fused-ring (bicyclic) bond motifs is 1. The molecular formula is C20H21N3O2. The van der Waals surface area contributed by atoms with Gasteiger partial charge in [-0.1, -0.05) is 37.3 Å². The molecule has 0 bridgehead atoms. The Bertz CT molecular complexity index is 842. The zero-order valence-corrected chi connectivity index (χ0v) is 14.2. The number of para-hydroxylation sites is 1. The fourth-order valence-corrected chi connectivity index (χ4v) is 2.53. The molecule has 0 atom stereocenters. The number of hydrogen-bond donors (Lipinski definition) is 2. The SMILES string of the molecule is CCc1ccc(OCCNC(=O)Nc2cccc3cccnc23)cc1. The van der Waals surface area contributed by atoms with Crippen LogP contribution in [0.15, 0.2) is 60.8 Å². The molecule has 25 heavy (non-hydrogen) atoms. The molecule has 0 spiro atoms. The molecule has 0 aliphatic carbocycles. The first-order valence-corrected chi connectivity index (χ1v) is 8.36. The number of pyridine rings is 1. The van der Waals surface area contributed by atoms with E-state index in [0.717, 1.165) is 23.1 Å². The number of aromatic nitrogens is 1. The third kappa shape index (κ3) is 4.47. The average Bonchev–Trinajstić information content (AvgIpc) is 2.66. The molecule has 2 N–H and O–H groups in total. The molecule has 2 aromatic carbocycles. The summed E-state index contributed by atoms with van der Waals surface area (Å²) in [5.74, 6) is 0.803. The molecule has 128 valence electrons. The van der Waals surface area contributed by atoms with E-state index in [0.29, 0.717) is 18.8 Å². The second kappa shape index (κ2) is 8.15. The van der Waals surface area contributed by atoms with Crippen LogP contribution in [0.25, 0.3) is 10.9 Å². The number of ether oxygens (including phenoxy) is 1. The average molecular weight is 335 g/mol. The summed E-state index contributed by atoms with van der Waals surface area (Å²) in [6, 6.07) is 17.2. The molecule has 3 rings (SSSR count). The van der Waals surface area contributed by atoms with E-state index < -0.39 is 0 Å². The maximum Gasteiger partial charge on any atom is 0.319 e. The molecule has 0 radical (unpaired) electrons. The maximum atomic E-state index is 12.0. The van der Waals surface area contributed by atoms with E-state index in [1.54, 1.807) is 6.20 Å². The van der Waals surface area contributed by atoms with Crippen LogP contribution in [0.1, 0.15) is 12.5 Å². The first-order chi connectivity index (χ1) is 12.3. The molecule has 0 aliphatic rings. The van der Waals surface area contributed by atoms with E-state index in [-0.39, 0.29) is 6.03 Å². The number of urea groups is 1. The summed E-state index contributed by atoms with van der Waals surface area (Å²) < 4.78 is 5.62. The van der Waals surface area contributed by atoms with Gasteiger partial charge in [0, 0.05) is 11.6 Å². The van der Waals surface area contributed by atoms with E-state index in [9.17, 15) is 4.79 Å². The lowest BCUT2D eigenvalue weighted by Gasteiger charge is -2.10. The summed E-state index contributed by atoms with van der Waals surface area (Å²) >= 11 is 0. The van der Waals surface area contributed by atoms with E-state index >= 15 is 0 Å². The Labute approximate surface area is 147 Å². The van der Waals surface area contributed by atoms with Gasteiger partial charge < -0.3 is 15.4 Å². The molecule has 1 aromatic heterocycles. The van der Waals surface area contributed by atoms with Gasteiger partial charge in [0.25, 0.3) is 0 Å². The minimum absolute atomic E-state index is 0.275. The number of anilines is 1. The van der Waals surface area contributed by atoms with Crippen LogP contribution in [0.4, 0.5) is 10.5 Å². The number of carbonyl (C=O) groups is 1. The Hall–Kier alpha value is -3.08. The molecule has 1 heterocycles. The number of hydrogen-bond acceptors (Lipinski definition) is 3. The Kier molecular flexibility index (Phi) is 5.46. The van der Waals surface area contributed by atoms with Crippen molar-refractivity contribution in [3.63, 3.8) is 0 Å². The molecule has 3 aromatic rings. The van der Waals surface area contributed by atoms with Crippen molar-refractivity contribution in [3.8, 4) is 5.75 Å². The summed E-state index contributed by atoms with van der Waals surface area (Å²) in [5.41, 5.74) is 2.73. The lowest BCUT2D eigenvalue weighted by atomic mass is 10.2. The smallest absolute Gasteiger partial charge is 0.319 e. The monoisotopic (exact) mass is 335 g/mol. The summed E-state index contributed by atoms with van der Waals surface area (Å²) in [4.78, 5) is 16.4. The van der Waals surface area contributed by atoms with Gasteiger partial charge in [-0.15, -0.1) is 0 Å². The summed E-state index contributed by atoms with van der Waals surface area (Å²) in [6.45, 7) is 2.94. The molecule has 0 saturated heterocycles. The minimum atomic E-state index is -0.275. The van der Waals surface area contributed by atoms with Gasteiger partial charge in [0.2, 0.25) is 0 Å². The quantitative estimate of drug-likeness (QED) is 0.669. The number of amides is 2. The number of aryl methyl sites for hydroxylation is 1. The molecule has 2 amide bonds. The van der Waals surface area contributed by atoms with Crippen molar-refractivity contribution < 1.29 is 9.53 Å². The molecule has 0 unspecified atom stereocenters. The number of nitrogens with one attached hydrogen (secondary N) is 2. The molecule has 5 heteroatoms. The van der Waals surface area contributed by atoms with Crippen molar-refractivity contribution in [2.24, 2.45) is 0 Å². The maximum absolute atomic E-state index is 12.0. The Morgan fingerprint density at radius 3 is 2.68 bits per heavy atom. The summed E-state index contributed by atoms with van der Waals surface area (Å²) in [6.07, 6.45) is 2.72. The lowest BCUT2D eigenvalue weighted by molar-refractivity contribution is 0.247. The van der Waals surface area contributed by atoms with Gasteiger partial charge in [-0.05, 0) is 36.2 Å². The van der Waals surface area contributed by atoms with Crippen LogP contribution in [0, 0.1) is 0 Å². The van der Waals surface area contributed by atoms with Gasteiger partial charge in [0.1, 0.15) is 12.4 Å². The zero-order chi connectivity index (χ0) is 17.5. The number of nitrogens with zero attached hydrogens (tertiary/aromatic N) is 1. The van der Waals surface area contributed by atoms with Gasteiger partial charge in [0.05, 0.1) is 17.7 Å².